The molecule has 94 valence electrons. The maximum absolute atomic E-state index is 8.90. The highest BCUT2D eigenvalue weighted by molar-refractivity contribution is 5.76. The van der Waals surface area contributed by atoms with Gasteiger partial charge in [0, 0.05) is 5.92 Å². The van der Waals surface area contributed by atoms with E-state index >= 15 is 0 Å². The Balaban J connectivity index is 2.36. The Bertz CT molecular complexity index is 557. The molecule has 0 saturated carbocycles. The molecule has 1 N–H and O–H groups in total. The molecule has 0 fully saturated rings. The summed E-state index contributed by atoms with van der Waals surface area (Å²) in [5.74, 6) is 1.58. The van der Waals surface area contributed by atoms with Crippen molar-refractivity contribution >= 4 is 11.0 Å². The van der Waals surface area contributed by atoms with Gasteiger partial charge in [0.05, 0.1) is 22.7 Å². The van der Waals surface area contributed by atoms with Gasteiger partial charge in [-0.2, -0.15) is 5.26 Å². The van der Waals surface area contributed by atoms with Gasteiger partial charge in [0.2, 0.25) is 0 Å². The van der Waals surface area contributed by atoms with Gasteiger partial charge in [-0.1, -0.05) is 26.7 Å². The minimum atomic E-state index is 0.512. The van der Waals surface area contributed by atoms with Crippen LogP contribution in [0.5, 0.6) is 0 Å². The summed E-state index contributed by atoms with van der Waals surface area (Å²) in [6.45, 7) is 4.41. The maximum Gasteiger partial charge on any atom is 0.110 e. The van der Waals surface area contributed by atoms with Crippen LogP contribution in [-0.2, 0) is 0 Å². The standard InChI is InChI=1S/C15H19N3/c1-3-5-12(6-4-2)15-17-13-8-7-11(10-16)9-14(13)18-15/h7-9,12H,3-6H2,1-2H3,(H,17,18). The molecule has 3 heteroatoms. The molecule has 0 saturated heterocycles. The molecule has 2 aromatic rings. The quantitative estimate of drug-likeness (QED) is 0.856. The van der Waals surface area contributed by atoms with E-state index in [0.29, 0.717) is 11.5 Å². The van der Waals surface area contributed by atoms with Crippen LogP contribution in [-0.4, -0.2) is 9.97 Å². The predicted molar refractivity (Wildman–Crippen MR) is 73.4 cm³/mol. The lowest BCUT2D eigenvalue weighted by molar-refractivity contribution is 0.539. The second-order valence-electron chi connectivity index (χ2n) is 4.74. The number of nitriles is 1. The van der Waals surface area contributed by atoms with E-state index in [9.17, 15) is 0 Å². The molecule has 1 aromatic carbocycles. The van der Waals surface area contributed by atoms with Crippen molar-refractivity contribution in [3.8, 4) is 6.07 Å². The third-order valence-electron chi connectivity index (χ3n) is 3.29. The highest BCUT2D eigenvalue weighted by atomic mass is 14.9. The van der Waals surface area contributed by atoms with Crippen molar-refractivity contribution in [2.45, 2.75) is 45.4 Å². The molecule has 0 radical (unpaired) electrons. The van der Waals surface area contributed by atoms with Gasteiger partial charge < -0.3 is 4.98 Å². The maximum atomic E-state index is 8.90. The number of hydrogen-bond donors (Lipinski definition) is 1. The van der Waals surface area contributed by atoms with Crippen molar-refractivity contribution in [2.24, 2.45) is 0 Å². The SMILES string of the molecule is CCCC(CCC)c1nc2ccc(C#N)cc2[nH]1. The largest absolute Gasteiger partial charge is 0.342 e. The first-order valence-corrected chi connectivity index (χ1v) is 6.68. The number of nitrogens with one attached hydrogen (secondary N) is 1. The Morgan fingerprint density at radius 1 is 1.28 bits per heavy atom. The van der Waals surface area contributed by atoms with Gasteiger partial charge in [-0.15, -0.1) is 0 Å². The molecule has 18 heavy (non-hydrogen) atoms. The summed E-state index contributed by atoms with van der Waals surface area (Å²) in [7, 11) is 0. The van der Waals surface area contributed by atoms with Gasteiger partial charge in [0.1, 0.15) is 5.82 Å². The summed E-state index contributed by atoms with van der Waals surface area (Å²) in [6.07, 6.45) is 4.67. The molecular weight excluding hydrogens is 222 g/mol. The highest BCUT2D eigenvalue weighted by Gasteiger charge is 2.14. The second-order valence-corrected chi connectivity index (χ2v) is 4.74. The summed E-state index contributed by atoms with van der Waals surface area (Å²) >= 11 is 0. The molecule has 3 nitrogen and oxygen atoms in total. The first-order chi connectivity index (χ1) is 8.78. The zero-order valence-corrected chi connectivity index (χ0v) is 11.0. The second kappa shape index (κ2) is 5.68. The number of fused-ring (bicyclic) bond motifs is 1. The van der Waals surface area contributed by atoms with E-state index in [1.54, 1.807) is 0 Å². The Labute approximate surface area is 108 Å². The Morgan fingerprint density at radius 2 is 2.00 bits per heavy atom. The van der Waals surface area contributed by atoms with Crippen molar-refractivity contribution in [1.29, 1.82) is 5.26 Å². The van der Waals surface area contributed by atoms with Gasteiger partial charge in [-0.05, 0) is 31.0 Å². The van der Waals surface area contributed by atoms with Crippen molar-refractivity contribution in [3.63, 3.8) is 0 Å². The summed E-state index contributed by atoms with van der Waals surface area (Å²) in [5, 5.41) is 8.90. The van der Waals surface area contributed by atoms with Crippen LogP contribution in [0.2, 0.25) is 0 Å². The van der Waals surface area contributed by atoms with Gasteiger partial charge in [-0.25, -0.2) is 4.98 Å². The van der Waals surface area contributed by atoms with Crippen LogP contribution >= 0.6 is 0 Å². The average molecular weight is 241 g/mol. The fraction of sp³-hybridized carbons (Fsp3) is 0.467. The Hall–Kier alpha value is -1.82. The van der Waals surface area contributed by atoms with Gasteiger partial charge in [-0.3, -0.25) is 0 Å². The monoisotopic (exact) mass is 241 g/mol. The van der Waals surface area contributed by atoms with E-state index in [4.69, 9.17) is 5.26 Å². The summed E-state index contributed by atoms with van der Waals surface area (Å²) in [6, 6.07) is 7.78. The number of nitrogens with zero attached hydrogens (tertiary/aromatic N) is 2. The zero-order chi connectivity index (χ0) is 13.0. The van der Waals surface area contributed by atoms with E-state index in [1.165, 1.54) is 25.7 Å². The first kappa shape index (κ1) is 12.6. The lowest BCUT2D eigenvalue weighted by Gasteiger charge is -2.11. The van der Waals surface area contributed by atoms with Gasteiger partial charge in [0.25, 0.3) is 0 Å². The normalized spacial score (nSPS) is 11.0. The molecule has 2 rings (SSSR count). The minimum absolute atomic E-state index is 0.512. The molecule has 0 aliphatic carbocycles. The fourth-order valence-corrected chi connectivity index (χ4v) is 2.41. The smallest absolute Gasteiger partial charge is 0.110 e. The minimum Gasteiger partial charge on any atom is -0.342 e. The van der Waals surface area contributed by atoms with E-state index in [-0.39, 0.29) is 0 Å². The van der Waals surface area contributed by atoms with Crippen LogP contribution in [0.25, 0.3) is 11.0 Å². The van der Waals surface area contributed by atoms with E-state index < -0.39 is 0 Å². The lowest BCUT2D eigenvalue weighted by atomic mass is 9.98. The fourth-order valence-electron chi connectivity index (χ4n) is 2.41. The van der Waals surface area contributed by atoms with Crippen molar-refractivity contribution in [2.75, 3.05) is 0 Å². The highest BCUT2D eigenvalue weighted by Crippen LogP contribution is 2.26. The van der Waals surface area contributed by atoms with Crippen LogP contribution in [0.15, 0.2) is 18.2 Å². The van der Waals surface area contributed by atoms with Crippen molar-refractivity contribution < 1.29 is 0 Å². The lowest BCUT2D eigenvalue weighted by Crippen LogP contribution is -2.00. The molecule has 0 bridgehead atoms. The van der Waals surface area contributed by atoms with E-state index in [0.717, 1.165) is 16.9 Å². The molecule has 1 aromatic heterocycles. The third kappa shape index (κ3) is 2.53. The predicted octanol–water partition coefficient (Wildman–Crippen LogP) is 4.12. The Kier molecular flexibility index (Phi) is 3.99. The zero-order valence-electron chi connectivity index (χ0n) is 11.0. The number of hydrogen-bond acceptors (Lipinski definition) is 2. The van der Waals surface area contributed by atoms with Crippen LogP contribution in [0.4, 0.5) is 0 Å². The third-order valence-corrected chi connectivity index (χ3v) is 3.29. The number of aromatic amines is 1. The molecule has 1 heterocycles. The average Bonchev–Trinajstić information content (AvgIpc) is 2.81. The number of aromatic nitrogens is 2. The Morgan fingerprint density at radius 3 is 2.61 bits per heavy atom. The molecule has 0 aliphatic heterocycles. The molecule has 0 atom stereocenters. The van der Waals surface area contributed by atoms with Gasteiger partial charge in [0.15, 0.2) is 0 Å². The van der Waals surface area contributed by atoms with Crippen LogP contribution in [0.3, 0.4) is 0 Å². The molecule has 0 amide bonds. The number of H-pyrrole nitrogens is 1. The van der Waals surface area contributed by atoms with Crippen molar-refractivity contribution in [1.82, 2.24) is 9.97 Å². The van der Waals surface area contributed by atoms with Crippen LogP contribution < -0.4 is 0 Å². The molecule has 0 unspecified atom stereocenters. The number of benzene rings is 1. The van der Waals surface area contributed by atoms with Crippen LogP contribution in [0.1, 0.15) is 56.8 Å². The van der Waals surface area contributed by atoms with Gasteiger partial charge >= 0.3 is 0 Å². The first-order valence-electron chi connectivity index (χ1n) is 6.68. The van der Waals surface area contributed by atoms with Crippen molar-refractivity contribution in [3.05, 3.63) is 29.6 Å². The topological polar surface area (TPSA) is 52.5 Å². The summed E-state index contributed by atoms with van der Waals surface area (Å²) < 4.78 is 0. The molecular formula is C15H19N3. The van der Waals surface area contributed by atoms with Crippen LogP contribution in [0, 0.1) is 11.3 Å². The molecule has 0 spiro atoms. The number of imidazole rings is 1. The molecule has 0 aliphatic rings. The summed E-state index contributed by atoms with van der Waals surface area (Å²) in [5.41, 5.74) is 2.61. The number of rotatable bonds is 5. The van der Waals surface area contributed by atoms with E-state index in [1.807, 2.05) is 18.2 Å². The summed E-state index contributed by atoms with van der Waals surface area (Å²) in [4.78, 5) is 8.04. The van der Waals surface area contributed by atoms with E-state index in [2.05, 4.69) is 29.9 Å².